The predicted octanol–water partition coefficient (Wildman–Crippen LogP) is 3.40. The Hall–Kier alpha value is -1.54. The Bertz CT molecular complexity index is 487. The molecule has 0 aliphatic rings. The highest BCUT2D eigenvalue weighted by Gasteiger charge is 2.13. The number of aryl methyl sites for hydroxylation is 2. The van der Waals surface area contributed by atoms with Crippen molar-refractivity contribution in [2.24, 2.45) is 0 Å². The molecule has 0 aliphatic heterocycles. The van der Waals surface area contributed by atoms with Crippen molar-refractivity contribution in [1.29, 1.82) is 0 Å². The van der Waals surface area contributed by atoms with Crippen LogP contribution in [0.15, 0.2) is 40.8 Å². The minimum absolute atomic E-state index is 0.241. The Balaban J connectivity index is 2.15. The first-order valence-corrected chi connectivity index (χ1v) is 5.98. The normalized spacial score (nSPS) is 12.6. The average molecular weight is 229 g/mol. The van der Waals surface area contributed by atoms with Gasteiger partial charge in [0.2, 0.25) is 0 Å². The van der Waals surface area contributed by atoms with E-state index < -0.39 is 0 Å². The van der Waals surface area contributed by atoms with E-state index >= 15 is 0 Å². The Morgan fingerprint density at radius 1 is 1.18 bits per heavy atom. The number of likely N-dealkylation sites (N-methyl/N-ethyl adjacent to an activating group) is 1. The molecule has 1 aromatic carbocycles. The summed E-state index contributed by atoms with van der Waals surface area (Å²) in [6, 6.07) is 12.9. The van der Waals surface area contributed by atoms with E-state index in [1.54, 1.807) is 0 Å². The number of furan rings is 1. The number of hydrogen-bond acceptors (Lipinski definition) is 2. The molecule has 2 rings (SSSR count). The molecule has 17 heavy (non-hydrogen) atoms. The van der Waals surface area contributed by atoms with Gasteiger partial charge in [-0.2, -0.15) is 0 Å². The molecule has 0 bridgehead atoms. The molecule has 1 atom stereocenters. The molecule has 1 unspecified atom stereocenters. The van der Waals surface area contributed by atoms with Crippen LogP contribution in [0.2, 0.25) is 0 Å². The van der Waals surface area contributed by atoms with Crippen LogP contribution in [-0.2, 0) is 6.42 Å². The second-order valence-corrected chi connectivity index (χ2v) is 4.48. The molecule has 0 spiro atoms. The Kier molecular flexibility index (Phi) is 3.64. The lowest BCUT2D eigenvalue weighted by atomic mass is 10.0. The van der Waals surface area contributed by atoms with Gasteiger partial charge >= 0.3 is 0 Å². The maximum atomic E-state index is 5.68. The second-order valence-electron chi connectivity index (χ2n) is 4.48. The third-order valence-corrected chi connectivity index (χ3v) is 2.98. The van der Waals surface area contributed by atoms with Gasteiger partial charge in [0.05, 0.1) is 6.04 Å². The van der Waals surface area contributed by atoms with Crippen LogP contribution in [0.25, 0.3) is 0 Å². The number of benzene rings is 1. The largest absolute Gasteiger partial charge is 0.465 e. The third-order valence-electron chi connectivity index (χ3n) is 2.98. The van der Waals surface area contributed by atoms with Gasteiger partial charge in [-0.25, -0.2) is 0 Å². The van der Waals surface area contributed by atoms with Gasteiger partial charge in [0.25, 0.3) is 0 Å². The molecule has 1 N–H and O–H groups in total. The molecule has 2 nitrogen and oxygen atoms in total. The van der Waals surface area contributed by atoms with Gasteiger partial charge in [-0.05, 0) is 45.0 Å². The van der Waals surface area contributed by atoms with Crippen LogP contribution in [0.5, 0.6) is 0 Å². The molecule has 0 aliphatic carbocycles. The summed E-state index contributed by atoms with van der Waals surface area (Å²) in [4.78, 5) is 0. The summed E-state index contributed by atoms with van der Waals surface area (Å²) in [5.74, 6) is 1.97. The molecule has 90 valence electrons. The van der Waals surface area contributed by atoms with Crippen molar-refractivity contribution >= 4 is 0 Å². The van der Waals surface area contributed by atoms with Crippen LogP contribution in [0.1, 0.15) is 28.7 Å². The quantitative estimate of drug-likeness (QED) is 0.869. The predicted molar refractivity (Wildman–Crippen MR) is 70.1 cm³/mol. The third kappa shape index (κ3) is 2.98. The molecule has 0 radical (unpaired) electrons. The zero-order chi connectivity index (χ0) is 12.3. The summed E-state index contributed by atoms with van der Waals surface area (Å²) in [6.07, 6.45) is 0.950. The molecule has 1 heterocycles. The van der Waals surface area contributed by atoms with Gasteiger partial charge in [-0.1, -0.05) is 29.8 Å². The van der Waals surface area contributed by atoms with Gasteiger partial charge in [-0.15, -0.1) is 0 Å². The van der Waals surface area contributed by atoms with Crippen LogP contribution < -0.4 is 5.32 Å². The molecule has 1 aromatic heterocycles. The topological polar surface area (TPSA) is 25.2 Å². The molecule has 0 fully saturated rings. The van der Waals surface area contributed by atoms with Crippen molar-refractivity contribution in [3.05, 3.63) is 59.0 Å². The summed E-state index contributed by atoms with van der Waals surface area (Å²) >= 11 is 0. The summed E-state index contributed by atoms with van der Waals surface area (Å²) < 4.78 is 5.68. The highest BCUT2D eigenvalue weighted by Crippen LogP contribution is 2.20. The fourth-order valence-corrected chi connectivity index (χ4v) is 2.06. The van der Waals surface area contributed by atoms with Crippen LogP contribution in [0, 0.1) is 13.8 Å². The van der Waals surface area contributed by atoms with Crippen molar-refractivity contribution in [1.82, 2.24) is 5.32 Å². The van der Waals surface area contributed by atoms with Gasteiger partial charge in [0.1, 0.15) is 11.5 Å². The monoisotopic (exact) mass is 229 g/mol. The standard InChI is InChI=1S/C15H19NO/c1-11-5-4-6-13(9-11)10-14(16-3)15-8-7-12(2)17-15/h4-9,14,16H,10H2,1-3H3. The SMILES string of the molecule is CNC(Cc1cccc(C)c1)c1ccc(C)o1. The summed E-state index contributed by atoms with van der Waals surface area (Å²) in [6.45, 7) is 4.10. The smallest absolute Gasteiger partial charge is 0.121 e. The second kappa shape index (κ2) is 5.19. The van der Waals surface area contributed by atoms with E-state index in [2.05, 4.69) is 36.5 Å². The minimum Gasteiger partial charge on any atom is -0.465 e. The van der Waals surface area contributed by atoms with E-state index in [1.807, 2.05) is 26.1 Å². The van der Waals surface area contributed by atoms with Crippen LogP contribution >= 0.6 is 0 Å². The highest BCUT2D eigenvalue weighted by molar-refractivity contribution is 5.24. The van der Waals surface area contributed by atoms with Crippen LogP contribution in [0.4, 0.5) is 0 Å². The molecule has 0 saturated carbocycles. The molecule has 0 amide bonds. The Morgan fingerprint density at radius 2 is 2.00 bits per heavy atom. The van der Waals surface area contributed by atoms with Gasteiger partial charge in [0, 0.05) is 0 Å². The summed E-state index contributed by atoms with van der Waals surface area (Å²) in [7, 11) is 1.97. The lowest BCUT2D eigenvalue weighted by Crippen LogP contribution is -2.18. The van der Waals surface area contributed by atoms with Crippen molar-refractivity contribution in [2.45, 2.75) is 26.3 Å². The zero-order valence-electron chi connectivity index (χ0n) is 10.7. The molecule has 2 heteroatoms. The van der Waals surface area contributed by atoms with E-state index in [0.29, 0.717) is 0 Å². The first-order valence-electron chi connectivity index (χ1n) is 5.98. The van der Waals surface area contributed by atoms with E-state index in [0.717, 1.165) is 17.9 Å². The van der Waals surface area contributed by atoms with Crippen molar-refractivity contribution in [3.8, 4) is 0 Å². The van der Waals surface area contributed by atoms with E-state index in [4.69, 9.17) is 4.42 Å². The summed E-state index contributed by atoms with van der Waals surface area (Å²) in [5, 5.41) is 3.31. The van der Waals surface area contributed by atoms with Crippen molar-refractivity contribution in [3.63, 3.8) is 0 Å². The lowest BCUT2D eigenvalue weighted by Gasteiger charge is -2.14. The number of nitrogens with one attached hydrogen (secondary N) is 1. The molecular weight excluding hydrogens is 210 g/mol. The van der Waals surface area contributed by atoms with Gasteiger partial charge in [0.15, 0.2) is 0 Å². The Morgan fingerprint density at radius 3 is 2.59 bits per heavy atom. The first kappa shape index (κ1) is 11.9. The van der Waals surface area contributed by atoms with Crippen LogP contribution in [-0.4, -0.2) is 7.05 Å². The lowest BCUT2D eigenvalue weighted by molar-refractivity contribution is 0.414. The number of rotatable bonds is 4. The highest BCUT2D eigenvalue weighted by atomic mass is 16.3. The van der Waals surface area contributed by atoms with E-state index in [1.165, 1.54) is 11.1 Å². The molecular formula is C15H19NO. The van der Waals surface area contributed by atoms with Crippen molar-refractivity contribution in [2.75, 3.05) is 7.05 Å². The average Bonchev–Trinajstić information content (AvgIpc) is 2.73. The van der Waals surface area contributed by atoms with Gasteiger partial charge < -0.3 is 9.73 Å². The van der Waals surface area contributed by atoms with E-state index in [-0.39, 0.29) is 6.04 Å². The maximum absolute atomic E-state index is 5.68. The Labute approximate surface area is 103 Å². The first-order chi connectivity index (χ1) is 8.19. The minimum atomic E-state index is 0.241. The van der Waals surface area contributed by atoms with Crippen LogP contribution in [0.3, 0.4) is 0 Å². The summed E-state index contributed by atoms with van der Waals surface area (Å²) in [5.41, 5.74) is 2.63. The number of hydrogen-bond donors (Lipinski definition) is 1. The maximum Gasteiger partial charge on any atom is 0.121 e. The molecule has 0 saturated heterocycles. The zero-order valence-corrected chi connectivity index (χ0v) is 10.7. The van der Waals surface area contributed by atoms with E-state index in [9.17, 15) is 0 Å². The fourth-order valence-electron chi connectivity index (χ4n) is 2.06. The fraction of sp³-hybridized carbons (Fsp3) is 0.333. The van der Waals surface area contributed by atoms with Gasteiger partial charge in [-0.3, -0.25) is 0 Å². The molecule has 2 aromatic rings. The van der Waals surface area contributed by atoms with Crippen molar-refractivity contribution < 1.29 is 4.42 Å².